The Morgan fingerprint density at radius 3 is 2.63 bits per heavy atom. The van der Waals surface area contributed by atoms with Gasteiger partial charge in [-0.25, -0.2) is 0 Å². The van der Waals surface area contributed by atoms with Crippen LogP contribution in [-0.2, 0) is 6.54 Å². The molecule has 1 saturated heterocycles. The molecule has 3 heterocycles. The van der Waals surface area contributed by atoms with Crippen molar-refractivity contribution in [1.82, 2.24) is 14.8 Å². The van der Waals surface area contributed by atoms with Gasteiger partial charge in [0.05, 0.1) is 10.4 Å². The van der Waals surface area contributed by atoms with Crippen LogP contribution in [0.5, 0.6) is 0 Å². The fourth-order valence-electron chi connectivity index (χ4n) is 3.82. The molecule has 1 aromatic carbocycles. The Bertz CT molecular complexity index is 1030. The molecule has 5 nitrogen and oxygen atoms in total. The highest BCUT2D eigenvalue weighted by Gasteiger charge is 2.23. The van der Waals surface area contributed by atoms with E-state index >= 15 is 0 Å². The number of nitrogens with zero attached hydrogens (tertiary/aromatic N) is 2. The lowest BCUT2D eigenvalue weighted by atomic mass is 10.1. The summed E-state index contributed by atoms with van der Waals surface area (Å²) in [5, 5.41) is 2.71. The Morgan fingerprint density at radius 2 is 1.93 bits per heavy atom. The second kappa shape index (κ2) is 7.29. The lowest BCUT2D eigenvalue weighted by molar-refractivity contribution is 0.0632. The van der Waals surface area contributed by atoms with Crippen LogP contribution in [0.2, 0.25) is 0 Å². The van der Waals surface area contributed by atoms with Gasteiger partial charge >= 0.3 is 0 Å². The third kappa shape index (κ3) is 3.68. The highest BCUT2D eigenvalue weighted by molar-refractivity contribution is 7.12. The van der Waals surface area contributed by atoms with E-state index in [1.54, 1.807) is 6.07 Å². The van der Waals surface area contributed by atoms with Gasteiger partial charge in [-0.3, -0.25) is 14.5 Å². The molecule has 27 heavy (non-hydrogen) atoms. The maximum Gasteiger partial charge on any atom is 0.264 e. The molecule has 0 unspecified atom stereocenters. The summed E-state index contributed by atoms with van der Waals surface area (Å²) in [4.78, 5) is 33.4. The first-order valence-electron chi connectivity index (χ1n) is 9.19. The first kappa shape index (κ1) is 17.9. The molecule has 1 aliphatic heterocycles. The minimum absolute atomic E-state index is 0.0720. The van der Waals surface area contributed by atoms with Crippen molar-refractivity contribution in [3.8, 4) is 0 Å². The minimum atomic E-state index is 0.0720. The molecule has 140 valence electrons. The zero-order chi connectivity index (χ0) is 19.0. The summed E-state index contributed by atoms with van der Waals surface area (Å²) in [6, 6.07) is 9.58. The van der Waals surface area contributed by atoms with Crippen LogP contribution in [0.3, 0.4) is 0 Å². The maximum absolute atomic E-state index is 12.6. The quantitative estimate of drug-likeness (QED) is 0.758. The minimum Gasteiger partial charge on any atom is -0.357 e. The second-order valence-corrected chi connectivity index (χ2v) is 8.16. The average molecular weight is 382 g/mol. The summed E-state index contributed by atoms with van der Waals surface area (Å²) in [6.45, 7) is 7.77. The first-order valence-corrected chi connectivity index (χ1v) is 10.1. The molecule has 0 bridgehead atoms. The molecule has 0 radical (unpaired) electrons. The van der Waals surface area contributed by atoms with Crippen LogP contribution in [0.1, 0.15) is 26.5 Å². The van der Waals surface area contributed by atoms with Crippen molar-refractivity contribution in [3.05, 3.63) is 67.6 Å². The molecular formula is C21H23N3O2S. The number of benzene rings is 1. The smallest absolute Gasteiger partial charge is 0.264 e. The van der Waals surface area contributed by atoms with Gasteiger partial charge in [0.2, 0.25) is 0 Å². The lowest BCUT2D eigenvalue weighted by Crippen LogP contribution is -2.48. The molecule has 0 spiro atoms. The SMILES string of the molecule is Cc1cc(C)c2c(=O)cc(CN3CCN(C(=O)c4cccs4)CC3)[nH]c2c1. The van der Waals surface area contributed by atoms with Crippen molar-refractivity contribution < 1.29 is 4.79 Å². The number of fused-ring (bicyclic) bond motifs is 1. The van der Waals surface area contributed by atoms with E-state index < -0.39 is 0 Å². The van der Waals surface area contributed by atoms with Crippen molar-refractivity contribution >= 4 is 28.1 Å². The van der Waals surface area contributed by atoms with E-state index in [1.807, 2.05) is 48.4 Å². The van der Waals surface area contributed by atoms with Crippen LogP contribution in [0.4, 0.5) is 0 Å². The molecule has 1 N–H and O–H groups in total. The molecule has 1 aliphatic rings. The van der Waals surface area contributed by atoms with Gasteiger partial charge in [-0.15, -0.1) is 11.3 Å². The standard InChI is InChI=1S/C21H23N3O2S/c1-14-10-15(2)20-17(11-14)22-16(12-18(20)25)13-23-5-7-24(8-6-23)21(26)19-4-3-9-27-19/h3-4,9-12H,5-8,13H2,1-2H3,(H,22,25). The van der Waals surface area contributed by atoms with Gasteiger partial charge < -0.3 is 9.88 Å². The Labute approximate surface area is 162 Å². The van der Waals surface area contributed by atoms with Gasteiger partial charge in [0.1, 0.15) is 0 Å². The number of amides is 1. The van der Waals surface area contributed by atoms with Crippen LogP contribution in [0, 0.1) is 13.8 Å². The number of aromatic nitrogens is 1. The molecule has 0 saturated carbocycles. The van der Waals surface area contributed by atoms with E-state index in [4.69, 9.17) is 0 Å². The van der Waals surface area contributed by atoms with Crippen LogP contribution >= 0.6 is 11.3 Å². The number of thiophene rings is 1. The van der Waals surface area contributed by atoms with E-state index in [2.05, 4.69) is 9.88 Å². The summed E-state index contributed by atoms with van der Waals surface area (Å²) in [5.74, 6) is 0.120. The predicted molar refractivity (Wildman–Crippen MR) is 110 cm³/mol. The highest BCUT2D eigenvalue weighted by Crippen LogP contribution is 2.18. The van der Waals surface area contributed by atoms with E-state index in [0.717, 1.165) is 45.7 Å². The number of aryl methyl sites for hydroxylation is 2. The van der Waals surface area contributed by atoms with E-state index in [0.29, 0.717) is 19.6 Å². The summed E-state index contributed by atoms with van der Waals surface area (Å²) >= 11 is 1.49. The number of nitrogens with one attached hydrogen (secondary N) is 1. The van der Waals surface area contributed by atoms with E-state index in [1.165, 1.54) is 11.3 Å². The van der Waals surface area contributed by atoms with Crippen molar-refractivity contribution in [1.29, 1.82) is 0 Å². The largest absolute Gasteiger partial charge is 0.357 e. The Balaban J connectivity index is 1.46. The number of pyridine rings is 1. The normalized spacial score (nSPS) is 15.4. The van der Waals surface area contributed by atoms with Gasteiger partial charge in [-0.1, -0.05) is 12.1 Å². The molecular weight excluding hydrogens is 358 g/mol. The van der Waals surface area contributed by atoms with Gasteiger partial charge in [0.15, 0.2) is 5.43 Å². The Kier molecular flexibility index (Phi) is 4.85. The number of rotatable bonds is 3. The predicted octanol–water partition coefficient (Wildman–Crippen LogP) is 3.16. The summed E-state index contributed by atoms with van der Waals surface area (Å²) in [6.07, 6.45) is 0. The number of carbonyl (C=O) groups excluding carboxylic acids is 1. The molecule has 1 fully saturated rings. The molecule has 0 aliphatic carbocycles. The number of hydrogen-bond donors (Lipinski definition) is 1. The number of hydrogen-bond acceptors (Lipinski definition) is 4. The van der Waals surface area contributed by atoms with Crippen LogP contribution in [0.25, 0.3) is 10.9 Å². The lowest BCUT2D eigenvalue weighted by Gasteiger charge is -2.34. The van der Waals surface area contributed by atoms with Crippen molar-refractivity contribution in [2.45, 2.75) is 20.4 Å². The third-order valence-corrected chi connectivity index (χ3v) is 5.97. The topological polar surface area (TPSA) is 56.4 Å². The number of carbonyl (C=O) groups is 1. The zero-order valence-corrected chi connectivity index (χ0v) is 16.4. The van der Waals surface area contributed by atoms with Crippen LogP contribution < -0.4 is 5.43 Å². The summed E-state index contributed by atoms with van der Waals surface area (Å²) in [5.41, 5.74) is 4.06. The van der Waals surface area contributed by atoms with E-state index in [9.17, 15) is 9.59 Å². The number of piperazine rings is 1. The maximum atomic E-state index is 12.6. The van der Waals surface area contributed by atoms with Gasteiger partial charge in [0, 0.05) is 49.9 Å². The zero-order valence-electron chi connectivity index (χ0n) is 15.6. The van der Waals surface area contributed by atoms with Crippen molar-refractivity contribution in [2.75, 3.05) is 26.2 Å². The molecule has 2 aromatic heterocycles. The van der Waals surface area contributed by atoms with Gasteiger partial charge in [0.25, 0.3) is 5.91 Å². The van der Waals surface area contributed by atoms with Crippen molar-refractivity contribution in [3.63, 3.8) is 0 Å². The first-order chi connectivity index (χ1) is 13.0. The van der Waals surface area contributed by atoms with Gasteiger partial charge in [-0.2, -0.15) is 0 Å². The number of aromatic amines is 1. The van der Waals surface area contributed by atoms with Crippen LogP contribution in [-0.4, -0.2) is 46.9 Å². The monoisotopic (exact) mass is 381 g/mol. The van der Waals surface area contributed by atoms with Gasteiger partial charge in [-0.05, 0) is 42.5 Å². The van der Waals surface area contributed by atoms with Crippen molar-refractivity contribution in [2.24, 2.45) is 0 Å². The number of H-pyrrole nitrogens is 1. The highest BCUT2D eigenvalue weighted by atomic mass is 32.1. The Morgan fingerprint density at radius 1 is 1.15 bits per heavy atom. The average Bonchev–Trinajstić information content (AvgIpc) is 3.15. The fourth-order valence-corrected chi connectivity index (χ4v) is 4.51. The summed E-state index contributed by atoms with van der Waals surface area (Å²) in [7, 11) is 0. The molecule has 0 atom stereocenters. The summed E-state index contributed by atoms with van der Waals surface area (Å²) < 4.78 is 0. The van der Waals surface area contributed by atoms with Crippen LogP contribution in [0.15, 0.2) is 40.5 Å². The molecule has 1 amide bonds. The Hall–Kier alpha value is -2.44. The fraction of sp³-hybridized carbons (Fsp3) is 0.333. The molecule has 3 aromatic rings. The molecule has 6 heteroatoms. The second-order valence-electron chi connectivity index (χ2n) is 7.21. The molecule has 4 rings (SSSR count). The van der Waals surface area contributed by atoms with E-state index in [-0.39, 0.29) is 11.3 Å². The third-order valence-electron chi connectivity index (χ3n) is 5.11.